The van der Waals surface area contributed by atoms with Gasteiger partial charge in [-0.3, -0.25) is 0 Å². The number of rotatable bonds is 4. The molecule has 0 saturated carbocycles. The summed E-state index contributed by atoms with van der Waals surface area (Å²) in [6, 6.07) is 13.1. The molecule has 122 valence electrons. The molecule has 4 N–H and O–H groups in total. The lowest BCUT2D eigenvalue weighted by Gasteiger charge is -2.05. The van der Waals surface area contributed by atoms with Crippen LogP contribution in [0.2, 0.25) is 0 Å². The molecule has 0 spiro atoms. The smallest absolute Gasteiger partial charge is 0.358 e. The van der Waals surface area contributed by atoms with Crippen molar-refractivity contribution in [3.63, 3.8) is 0 Å². The number of carbonyl (C=O) groups is 1. The van der Waals surface area contributed by atoms with Gasteiger partial charge in [0, 0.05) is 5.56 Å². The van der Waals surface area contributed by atoms with Crippen LogP contribution in [0.25, 0.3) is 22.4 Å². The van der Waals surface area contributed by atoms with Crippen molar-refractivity contribution in [1.82, 2.24) is 15.4 Å². The summed E-state index contributed by atoms with van der Waals surface area (Å²) < 4.78 is 22.9. The minimum atomic E-state index is -3.78. The van der Waals surface area contributed by atoms with Gasteiger partial charge in [-0.25, -0.2) is 18.4 Å². The van der Waals surface area contributed by atoms with Crippen molar-refractivity contribution in [3.8, 4) is 22.4 Å². The molecular formula is C15H12N4O4S. The first-order valence-corrected chi connectivity index (χ1v) is 8.28. The molecule has 0 bridgehead atoms. The number of H-pyrrole nitrogens is 1. The highest BCUT2D eigenvalue weighted by Crippen LogP contribution is 2.26. The highest BCUT2D eigenvalue weighted by Gasteiger charge is 2.16. The van der Waals surface area contributed by atoms with E-state index in [2.05, 4.69) is 15.4 Å². The van der Waals surface area contributed by atoms with Gasteiger partial charge in [-0.1, -0.05) is 36.4 Å². The van der Waals surface area contributed by atoms with Gasteiger partial charge in [-0.2, -0.15) is 10.3 Å². The van der Waals surface area contributed by atoms with Crippen LogP contribution in [0, 0.1) is 0 Å². The fourth-order valence-corrected chi connectivity index (χ4v) is 2.81. The standard InChI is InChI=1S/C15H12N4O4S/c16-24(22,23)12-3-1-2-11(8-12)9-4-6-10(7-5-9)13-14(15(20)21)18-19-17-13/h1-8H,(H,20,21)(H2,16,22,23)(H,17,18,19). The second-order valence-electron chi connectivity index (χ2n) is 4.98. The summed E-state index contributed by atoms with van der Waals surface area (Å²) in [7, 11) is -3.78. The lowest BCUT2D eigenvalue weighted by molar-refractivity contribution is 0.0691. The molecule has 2 aromatic carbocycles. The zero-order valence-electron chi connectivity index (χ0n) is 12.2. The van der Waals surface area contributed by atoms with Crippen molar-refractivity contribution in [2.24, 2.45) is 5.14 Å². The summed E-state index contributed by atoms with van der Waals surface area (Å²) in [5, 5.41) is 23.9. The number of hydrogen-bond acceptors (Lipinski definition) is 5. The molecule has 24 heavy (non-hydrogen) atoms. The lowest BCUT2D eigenvalue weighted by atomic mass is 10.0. The van der Waals surface area contributed by atoms with Crippen LogP contribution in [0.4, 0.5) is 0 Å². The maximum atomic E-state index is 11.4. The average molecular weight is 344 g/mol. The molecule has 0 aliphatic rings. The van der Waals surface area contributed by atoms with E-state index >= 15 is 0 Å². The zero-order chi connectivity index (χ0) is 17.3. The predicted molar refractivity (Wildman–Crippen MR) is 85.6 cm³/mol. The number of benzene rings is 2. The lowest BCUT2D eigenvalue weighted by Crippen LogP contribution is -2.11. The predicted octanol–water partition coefficient (Wildman–Crippen LogP) is 1.48. The number of hydrogen-bond donors (Lipinski definition) is 3. The van der Waals surface area contributed by atoms with Crippen molar-refractivity contribution in [2.45, 2.75) is 4.90 Å². The summed E-state index contributed by atoms with van der Waals surface area (Å²) in [6.07, 6.45) is 0. The quantitative estimate of drug-likeness (QED) is 0.655. The van der Waals surface area contributed by atoms with Crippen molar-refractivity contribution in [2.75, 3.05) is 0 Å². The molecule has 0 fully saturated rings. The molecule has 0 amide bonds. The van der Waals surface area contributed by atoms with E-state index in [0.717, 1.165) is 5.56 Å². The third-order valence-electron chi connectivity index (χ3n) is 3.40. The fraction of sp³-hybridized carbons (Fsp3) is 0. The minimum Gasteiger partial charge on any atom is -0.476 e. The van der Waals surface area contributed by atoms with E-state index < -0.39 is 16.0 Å². The Morgan fingerprint density at radius 2 is 1.67 bits per heavy atom. The van der Waals surface area contributed by atoms with Crippen molar-refractivity contribution < 1.29 is 18.3 Å². The van der Waals surface area contributed by atoms with Crippen LogP contribution in [0.3, 0.4) is 0 Å². The van der Waals surface area contributed by atoms with Gasteiger partial charge >= 0.3 is 5.97 Å². The van der Waals surface area contributed by atoms with Crippen LogP contribution >= 0.6 is 0 Å². The summed E-state index contributed by atoms with van der Waals surface area (Å²) in [6.45, 7) is 0. The molecule has 3 rings (SSSR count). The van der Waals surface area contributed by atoms with E-state index in [0.29, 0.717) is 11.1 Å². The maximum absolute atomic E-state index is 11.4. The largest absolute Gasteiger partial charge is 0.476 e. The molecule has 0 aliphatic carbocycles. The number of nitrogens with one attached hydrogen (secondary N) is 1. The van der Waals surface area contributed by atoms with Crippen LogP contribution in [-0.2, 0) is 10.0 Å². The van der Waals surface area contributed by atoms with E-state index in [-0.39, 0.29) is 16.3 Å². The van der Waals surface area contributed by atoms with E-state index in [4.69, 9.17) is 10.2 Å². The fourth-order valence-electron chi connectivity index (χ4n) is 2.25. The highest BCUT2D eigenvalue weighted by molar-refractivity contribution is 7.89. The molecule has 1 heterocycles. The first-order valence-electron chi connectivity index (χ1n) is 6.74. The van der Waals surface area contributed by atoms with Gasteiger partial charge in [0.15, 0.2) is 5.69 Å². The molecule has 0 aliphatic heterocycles. The Morgan fingerprint density at radius 3 is 2.29 bits per heavy atom. The van der Waals surface area contributed by atoms with Gasteiger partial charge in [-0.15, -0.1) is 5.10 Å². The molecular weight excluding hydrogens is 332 g/mol. The average Bonchev–Trinajstić information content (AvgIpc) is 3.04. The molecule has 0 radical (unpaired) electrons. The zero-order valence-corrected chi connectivity index (χ0v) is 13.0. The van der Waals surface area contributed by atoms with Gasteiger partial charge in [0.05, 0.1) is 4.90 Å². The van der Waals surface area contributed by atoms with E-state index in [1.54, 1.807) is 36.4 Å². The van der Waals surface area contributed by atoms with Gasteiger partial charge in [-0.05, 0) is 23.3 Å². The Hall–Kier alpha value is -3.04. The van der Waals surface area contributed by atoms with Crippen molar-refractivity contribution in [1.29, 1.82) is 0 Å². The Bertz CT molecular complexity index is 1010. The topological polar surface area (TPSA) is 139 Å². The molecule has 1 aromatic heterocycles. The number of primary sulfonamides is 1. The van der Waals surface area contributed by atoms with Crippen LogP contribution < -0.4 is 5.14 Å². The van der Waals surface area contributed by atoms with E-state index in [9.17, 15) is 13.2 Å². The van der Waals surface area contributed by atoms with Crippen LogP contribution in [0.5, 0.6) is 0 Å². The summed E-state index contributed by atoms with van der Waals surface area (Å²) in [5.74, 6) is -1.18. The van der Waals surface area contributed by atoms with Gasteiger partial charge in [0.25, 0.3) is 0 Å². The van der Waals surface area contributed by atoms with Crippen molar-refractivity contribution in [3.05, 3.63) is 54.2 Å². The second-order valence-corrected chi connectivity index (χ2v) is 6.54. The van der Waals surface area contributed by atoms with Gasteiger partial charge < -0.3 is 5.11 Å². The van der Waals surface area contributed by atoms with Gasteiger partial charge in [0.1, 0.15) is 5.69 Å². The number of aromatic amines is 1. The molecule has 0 unspecified atom stereocenters. The Labute approximate surface area is 137 Å². The monoisotopic (exact) mass is 344 g/mol. The number of nitrogens with zero attached hydrogens (tertiary/aromatic N) is 2. The van der Waals surface area contributed by atoms with Gasteiger partial charge in [0.2, 0.25) is 10.0 Å². The second kappa shape index (κ2) is 5.87. The van der Waals surface area contributed by atoms with Crippen LogP contribution in [0.1, 0.15) is 10.5 Å². The number of sulfonamides is 1. The maximum Gasteiger partial charge on any atom is 0.358 e. The number of aromatic nitrogens is 3. The Morgan fingerprint density at radius 1 is 1.00 bits per heavy atom. The molecule has 3 aromatic rings. The summed E-state index contributed by atoms with van der Waals surface area (Å²) in [5.41, 5.74) is 2.06. The Kier molecular flexibility index (Phi) is 3.87. The Balaban J connectivity index is 1.99. The van der Waals surface area contributed by atoms with Crippen molar-refractivity contribution >= 4 is 16.0 Å². The van der Waals surface area contributed by atoms with E-state index in [1.165, 1.54) is 12.1 Å². The molecule has 9 heteroatoms. The van der Waals surface area contributed by atoms with E-state index in [1.807, 2.05) is 0 Å². The molecule has 8 nitrogen and oxygen atoms in total. The number of nitrogens with two attached hydrogens (primary N) is 1. The molecule has 0 atom stereocenters. The summed E-state index contributed by atoms with van der Waals surface area (Å²) >= 11 is 0. The first kappa shape index (κ1) is 15.8. The number of aromatic carboxylic acids is 1. The van der Waals surface area contributed by atoms with Crippen LogP contribution in [0.15, 0.2) is 53.4 Å². The summed E-state index contributed by atoms with van der Waals surface area (Å²) in [4.78, 5) is 11.1. The SMILES string of the molecule is NS(=O)(=O)c1cccc(-c2ccc(-c3n[nH]nc3C(=O)O)cc2)c1. The van der Waals surface area contributed by atoms with Crippen LogP contribution in [-0.4, -0.2) is 34.9 Å². The normalized spacial score (nSPS) is 11.4. The number of carboxylic acids is 1. The highest BCUT2D eigenvalue weighted by atomic mass is 32.2. The third-order valence-corrected chi connectivity index (χ3v) is 4.32. The minimum absolute atomic E-state index is 0.0220. The first-order chi connectivity index (χ1) is 11.4. The molecule has 0 saturated heterocycles. The third kappa shape index (κ3) is 3.03. The number of carboxylic acid groups (broad SMARTS) is 1.